The molecule has 0 atom stereocenters. The quantitative estimate of drug-likeness (QED) is 0.548. The van der Waals surface area contributed by atoms with Crippen LogP contribution in [0.1, 0.15) is 90.4 Å². The summed E-state index contributed by atoms with van der Waals surface area (Å²) >= 11 is 0. The number of ether oxygens (including phenoxy) is 1. The van der Waals surface area contributed by atoms with Crippen LogP contribution in [0.2, 0.25) is 0 Å². The third kappa shape index (κ3) is 6.13. The van der Waals surface area contributed by atoms with E-state index in [0.717, 1.165) is 19.2 Å². The zero-order valence-corrected chi connectivity index (χ0v) is 13.6. The van der Waals surface area contributed by atoms with Crippen LogP contribution in [0, 0.1) is 0 Å². The fraction of sp³-hybridized carbons (Fsp3) is 1.00. The molecule has 0 amide bonds. The largest absolute Gasteiger partial charge is 0.374 e. The fourth-order valence-electron chi connectivity index (χ4n) is 3.36. The maximum atomic E-state index is 6.39. The Bertz CT molecular complexity index is 244. The number of hydrogen-bond acceptors (Lipinski definition) is 2. The van der Waals surface area contributed by atoms with Crippen LogP contribution in [-0.2, 0) is 4.74 Å². The van der Waals surface area contributed by atoms with Crippen LogP contribution in [0.15, 0.2) is 0 Å². The molecule has 2 saturated carbocycles. The maximum Gasteiger partial charge on any atom is 0.0806 e. The Kier molecular flexibility index (Phi) is 7.37. The lowest BCUT2D eigenvalue weighted by Crippen LogP contribution is -2.45. The molecule has 0 aromatic rings. The Morgan fingerprint density at radius 2 is 1.65 bits per heavy atom. The van der Waals surface area contributed by atoms with E-state index in [2.05, 4.69) is 12.2 Å². The molecule has 0 aromatic heterocycles. The van der Waals surface area contributed by atoms with Crippen molar-refractivity contribution in [2.75, 3.05) is 13.2 Å². The molecule has 0 radical (unpaired) electrons. The Labute approximate surface area is 126 Å². The van der Waals surface area contributed by atoms with Crippen molar-refractivity contribution in [1.29, 1.82) is 0 Å². The second-order valence-corrected chi connectivity index (χ2v) is 7.02. The summed E-state index contributed by atoms with van der Waals surface area (Å²) in [7, 11) is 0. The molecule has 2 fully saturated rings. The molecule has 118 valence electrons. The molecule has 2 aliphatic rings. The fourth-order valence-corrected chi connectivity index (χ4v) is 3.36. The van der Waals surface area contributed by atoms with Gasteiger partial charge in [-0.2, -0.15) is 0 Å². The van der Waals surface area contributed by atoms with E-state index in [9.17, 15) is 0 Å². The summed E-state index contributed by atoms with van der Waals surface area (Å²) in [6, 6.07) is 0.812. The Morgan fingerprint density at radius 1 is 0.950 bits per heavy atom. The number of hydrogen-bond donors (Lipinski definition) is 1. The van der Waals surface area contributed by atoms with Crippen LogP contribution >= 0.6 is 0 Å². The molecule has 0 heterocycles. The summed E-state index contributed by atoms with van der Waals surface area (Å²) in [6.07, 6.45) is 17.6. The SMILES string of the molecule is CCCCCCCCOC1(CNC2CC2)CCCCC1. The normalized spacial score (nSPS) is 22.1. The molecule has 0 bridgehead atoms. The minimum Gasteiger partial charge on any atom is -0.374 e. The Morgan fingerprint density at radius 3 is 2.35 bits per heavy atom. The average molecular weight is 281 g/mol. The lowest BCUT2D eigenvalue weighted by Gasteiger charge is -2.37. The predicted octanol–water partition coefficient (Wildman–Crippen LogP) is 4.82. The van der Waals surface area contributed by atoms with Crippen LogP contribution in [0.5, 0.6) is 0 Å². The van der Waals surface area contributed by atoms with Gasteiger partial charge in [0.25, 0.3) is 0 Å². The molecule has 2 heteroatoms. The first kappa shape index (κ1) is 16.3. The van der Waals surface area contributed by atoms with Gasteiger partial charge in [0.15, 0.2) is 0 Å². The van der Waals surface area contributed by atoms with Crippen molar-refractivity contribution >= 4 is 0 Å². The van der Waals surface area contributed by atoms with Gasteiger partial charge in [0.1, 0.15) is 0 Å². The molecular formula is C18H35NO. The summed E-state index contributed by atoms with van der Waals surface area (Å²) in [5.41, 5.74) is 0.185. The molecule has 2 rings (SSSR count). The highest BCUT2D eigenvalue weighted by molar-refractivity contribution is 4.91. The van der Waals surface area contributed by atoms with E-state index >= 15 is 0 Å². The number of nitrogens with one attached hydrogen (secondary N) is 1. The van der Waals surface area contributed by atoms with Crippen molar-refractivity contribution in [3.05, 3.63) is 0 Å². The van der Waals surface area contributed by atoms with Gasteiger partial charge in [0, 0.05) is 19.2 Å². The van der Waals surface area contributed by atoms with Gasteiger partial charge in [0.05, 0.1) is 5.60 Å². The van der Waals surface area contributed by atoms with Crippen molar-refractivity contribution in [2.45, 2.75) is 102 Å². The second kappa shape index (κ2) is 9.04. The van der Waals surface area contributed by atoms with Gasteiger partial charge in [-0.05, 0) is 32.1 Å². The predicted molar refractivity (Wildman–Crippen MR) is 86.2 cm³/mol. The van der Waals surface area contributed by atoms with E-state index < -0.39 is 0 Å². The van der Waals surface area contributed by atoms with Gasteiger partial charge in [-0.15, -0.1) is 0 Å². The average Bonchev–Trinajstić information content (AvgIpc) is 3.30. The lowest BCUT2D eigenvalue weighted by molar-refractivity contribution is -0.0698. The van der Waals surface area contributed by atoms with E-state index in [1.807, 2.05) is 0 Å². The summed E-state index contributed by atoms with van der Waals surface area (Å²) in [5, 5.41) is 3.71. The lowest BCUT2D eigenvalue weighted by atomic mass is 9.84. The first-order valence-electron chi connectivity index (χ1n) is 9.22. The van der Waals surface area contributed by atoms with Crippen molar-refractivity contribution in [1.82, 2.24) is 5.32 Å². The first-order chi connectivity index (χ1) is 9.85. The number of unbranched alkanes of at least 4 members (excludes halogenated alkanes) is 5. The molecule has 2 aliphatic carbocycles. The molecule has 0 aliphatic heterocycles. The third-order valence-corrected chi connectivity index (χ3v) is 4.96. The molecule has 2 nitrogen and oxygen atoms in total. The molecule has 0 aromatic carbocycles. The first-order valence-corrected chi connectivity index (χ1v) is 9.22. The van der Waals surface area contributed by atoms with E-state index in [4.69, 9.17) is 4.74 Å². The molecule has 0 saturated heterocycles. The van der Waals surface area contributed by atoms with E-state index in [0.29, 0.717) is 0 Å². The Hall–Kier alpha value is -0.0800. The molecule has 20 heavy (non-hydrogen) atoms. The summed E-state index contributed by atoms with van der Waals surface area (Å²) < 4.78 is 6.39. The van der Waals surface area contributed by atoms with Crippen LogP contribution in [-0.4, -0.2) is 24.8 Å². The summed E-state index contributed by atoms with van der Waals surface area (Å²) in [4.78, 5) is 0. The van der Waals surface area contributed by atoms with Gasteiger partial charge >= 0.3 is 0 Å². The highest BCUT2D eigenvalue weighted by Crippen LogP contribution is 2.32. The highest BCUT2D eigenvalue weighted by atomic mass is 16.5. The van der Waals surface area contributed by atoms with E-state index in [-0.39, 0.29) is 5.60 Å². The Balaban J connectivity index is 1.59. The summed E-state index contributed by atoms with van der Waals surface area (Å²) in [6.45, 7) is 4.37. The van der Waals surface area contributed by atoms with Crippen LogP contribution in [0.25, 0.3) is 0 Å². The molecule has 0 spiro atoms. The van der Waals surface area contributed by atoms with Crippen molar-refractivity contribution < 1.29 is 4.74 Å². The molecular weight excluding hydrogens is 246 g/mol. The van der Waals surface area contributed by atoms with Crippen LogP contribution in [0.3, 0.4) is 0 Å². The highest BCUT2D eigenvalue weighted by Gasteiger charge is 2.34. The molecule has 0 unspecified atom stereocenters. The van der Waals surface area contributed by atoms with Gasteiger partial charge in [-0.3, -0.25) is 0 Å². The van der Waals surface area contributed by atoms with Gasteiger partial charge in [-0.1, -0.05) is 58.3 Å². The standard InChI is InChI=1S/C18H35NO/c1-2-3-4-5-6-10-15-20-18(13-8-7-9-14-18)16-19-17-11-12-17/h17,19H,2-16H2,1H3. The zero-order chi connectivity index (χ0) is 14.1. The molecule has 1 N–H and O–H groups in total. The van der Waals surface area contributed by atoms with Gasteiger partial charge < -0.3 is 10.1 Å². The minimum atomic E-state index is 0.185. The smallest absolute Gasteiger partial charge is 0.0806 e. The van der Waals surface area contributed by atoms with Crippen LogP contribution < -0.4 is 5.32 Å². The zero-order valence-electron chi connectivity index (χ0n) is 13.6. The van der Waals surface area contributed by atoms with E-state index in [1.165, 1.54) is 83.5 Å². The van der Waals surface area contributed by atoms with Crippen molar-refractivity contribution in [3.8, 4) is 0 Å². The van der Waals surface area contributed by atoms with Gasteiger partial charge in [-0.25, -0.2) is 0 Å². The topological polar surface area (TPSA) is 21.3 Å². The number of rotatable bonds is 11. The van der Waals surface area contributed by atoms with Crippen molar-refractivity contribution in [2.24, 2.45) is 0 Å². The van der Waals surface area contributed by atoms with Crippen molar-refractivity contribution in [3.63, 3.8) is 0 Å². The maximum absolute atomic E-state index is 6.39. The van der Waals surface area contributed by atoms with Gasteiger partial charge in [0.2, 0.25) is 0 Å². The monoisotopic (exact) mass is 281 g/mol. The summed E-state index contributed by atoms with van der Waals surface area (Å²) in [5.74, 6) is 0. The van der Waals surface area contributed by atoms with Crippen LogP contribution in [0.4, 0.5) is 0 Å². The minimum absolute atomic E-state index is 0.185. The van der Waals surface area contributed by atoms with E-state index in [1.54, 1.807) is 0 Å². The second-order valence-electron chi connectivity index (χ2n) is 7.02. The third-order valence-electron chi connectivity index (χ3n) is 4.96.